The number of benzene rings is 1. The third kappa shape index (κ3) is 5.38. The van der Waals surface area contributed by atoms with E-state index in [0.717, 1.165) is 87.5 Å². The standard InChI is InChI=1S/C27H34ClN7O3S/c1-39(37,38)31-21-10-9-19(28)16-20(21)27(36)34-15-6-3-8-23(34)22-17-25-29-24(32-13-7-14-32)18-26(35(25)30-22)33-11-4-2-5-12-33/h9-10,16-18,23,31H,2-8,11-15H2,1H3/t23-/m0/s1. The molecule has 1 N–H and O–H groups in total. The van der Waals surface area contributed by atoms with Gasteiger partial charge in [-0.2, -0.15) is 9.61 Å². The fourth-order valence-electron chi connectivity index (χ4n) is 5.80. The third-order valence-electron chi connectivity index (χ3n) is 7.89. The van der Waals surface area contributed by atoms with Crippen LogP contribution in [0.4, 0.5) is 17.3 Å². The molecule has 39 heavy (non-hydrogen) atoms. The molecule has 1 amide bonds. The van der Waals surface area contributed by atoms with Gasteiger partial charge in [-0.25, -0.2) is 13.4 Å². The van der Waals surface area contributed by atoms with E-state index in [2.05, 4.69) is 20.6 Å². The number of carbonyl (C=O) groups excluding carboxylic acids is 1. The molecule has 0 spiro atoms. The van der Waals surface area contributed by atoms with Gasteiger partial charge in [-0.1, -0.05) is 11.6 Å². The summed E-state index contributed by atoms with van der Waals surface area (Å²) in [5, 5.41) is 5.41. The molecule has 12 heteroatoms. The van der Waals surface area contributed by atoms with Crippen LogP contribution in [-0.2, 0) is 10.0 Å². The number of hydrogen-bond acceptors (Lipinski definition) is 7. The number of rotatable bonds is 6. The first kappa shape index (κ1) is 26.2. The number of anilines is 3. The number of carbonyl (C=O) groups is 1. The van der Waals surface area contributed by atoms with Crippen molar-refractivity contribution >= 4 is 50.5 Å². The Bertz CT molecular complexity index is 1500. The lowest BCUT2D eigenvalue weighted by atomic mass is 9.98. The second kappa shape index (κ2) is 10.5. The second-order valence-corrected chi connectivity index (χ2v) is 13.0. The lowest BCUT2D eigenvalue weighted by Crippen LogP contribution is -2.39. The third-order valence-corrected chi connectivity index (χ3v) is 8.71. The van der Waals surface area contributed by atoms with Crippen molar-refractivity contribution in [2.45, 2.75) is 51.0 Å². The van der Waals surface area contributed by atoms with E-state index < -0.39 is 10.0 Å². The molecule has 10 nitrogen and oxygen atoms in total. The summed E-state index contributed by atoms with van der Waals surface area (Å²) in [6, 6.07) is 8.56. The molecule has 3 fully saturated rings. The molecular formula is C27H34ClN7O3S. The van der Waals surface area contributed by atoms with Crippen LogP contribution in [0, 0.1) is 0 Å². The average molecular weight is 572 g/mol. The van der Waals surface area contributed by atoms with Crippen LogP contribution in [-0.4, -0.2) is 72.8 Å². The van der Waals surface area contributed by atoms with E-state index in [1.54, 1.807) is 11.0 Å². The highest BCUT2D eigenvalue weighted by Crippen LogP contribution is 2.35. The number of piperidine rings is 2. The smallest absolute Gasteiger partial charge is 0.256 e. The van der Waals surface area contributed by atoms with Gasteiger partial charge in [0.2, 0.25) is 10.0 Å². The number of aromatic nitrogens is 3. The molecular weight excluding hydrogens is 538 g/mol. The average Bonchev–Trinajstić information content (AvgIpc) is 3.32. The Morgan fingerprint density at radius 3 is 2.41 bits per heavy atom. The van der Waals surface area contributed by atoms with E-state index in [4.69, 9.17) is 21.7 Å². The highest BCUT2D eigenvalue weighted by molar-refractivity contribution is 7.92. The van der Waals surface area contributed by atoms with Crippen LogP contribution < -0.4 is 14.5 Å². The Hall–Kier alpha value is -3.05. The summed E-state index contributed by atoms with van der Waals surface area (Å²) < 4.78 is 28.4. The van der Waals surface area contributed by atoms with Crippen molar-refractivity contribution in [2.24, 2.45) is 0 Å². The summed E-state index contributed by atoms with van der Waals surface area (Å²) in [5.74, 6) is 1.76. The summed E-state index contributed by atoms with van der Waals surface area (Å²) in [4.78, 5) is 25.4. The monoisotopic (exact) mass is 571 g/mol. The first-order valence-corrected chi connectivity index (χ1v) is 16.0. The van der Waals surface area contributed by atoms with E-state index in [0.29, 0.717) is 11.6 Å². The molecule has 6 rings (SSSR count). The lowest BCUT2D eigenvalue weighted by Gasteiger charge is -2.35. The van der Waals surface area contributed by atoms with Crippen molar-refractivity contribution in [3.63, 3.8) is 0 Å². The Kier molecular flexibility index (Phi) is 7.05. The van der Waals surface area contributed by atoms with Crippen LogP contribution in [0.15, 0.2) is 30.3 Å². The molecule has 3 aromatic rings. The first-order valence-electron chi connectivity index (χ1n) is 13.8. The van der Waals surface area contributed by atoms with Crippen LogP contribution >= 0.6 is 11.6 Å². The van der Waals surface area contributed by atoms with Crippen molar-refractivity contribution in [3.8, 4) is 0 Å². The van der Waals surface area contributed by atoms with Crippen LogP contribution in [0.3, 0.4) is 0 Å². The van der Waals surface area contributed by atoms with Crippen LogP contribution in [0.25, 0.3) is 5.65 Å². The van der Waals surface area contributed by atoms with Crippen molar-refractivity contribution in [1.82, 2.24) is 19.5 Å². The van der Waals surface area contributed by atoms with Crippen LogP contribution in [0.1, 0.15) is 67.0 Å². The summed E-state index contributed by atoms with van der Waals surface area (Å²) in [5.41, 5.74) is 2.04. The van der Waals surface area contributed by atoms with Gasteiger partial charge in [0.1, 0.15) is 11.6 Å². The number of amides is 1. The van der Waals surface area contributed by atoms with E-state index in [1.165, 1.54) is 25.0 Å². The van der Waals surface area contributed by atoms with Crippen molar-refractivity contribution in [1.29, 1.82) is 0 Å². The molecule has 0 radical (unpaired) electrons. The lowest BCUT2D eigenvalue weighted by molar-refractivity contribution is 0.0607. The van der Waals surface area contributed by atoms with E-state index >= 15 is 0 Å². The Morgan fingerprint density at radius 2 is 1.69 bits per heavy atom. The molecule has 2 aromatic heterocycles. The van der Waals surface area contributed by atoms with Gasteiger partial charge in [0.15, 0.2) is 5.65 Å². The molecule has 0 bridgehead atoms. The van der Waals surface area contributed by atoms with Gasteiger partial charge >= 0.3 is 0 Å². The quantitative estimate of drug-likeness (QED) is 0.470. The highest BCUT2D eigenvalue weighted by atomic mass is 35.5. The number of likely N-dealkylation sites (tertiary alicyclic amines) is 1. The number of nitrogens with zero attached hydrogens (tertiary/aromatic N) is 6. The van der Waals surface area contributed by atoms with Crippen molar-refractivity contribution in [3.05, 3.63) is 46.6 Å². The minimum atomic E-state index is -3.58. The molecule has 0 aliphatic carbocycles. The van der Waals surface area contributed by atoms with Gasteiger partial charge in [0, 0.05) is 49.9 Å². The zero-order valence-electron chi connectivity index (χ0n) is 22.1. The zero-order valence-corrected chi connectivity index (χ0v) is 23.7. The molecule has 1 atom stereocenters. The largest absolute Gasteiger partial charge is 0.356 e. The summed E-state index contributed by atoms with van der Waals surface area (Å²) >= 11 is 6.25. The molecule has 3 aliphatic rings. The van der Waals surface area contributed by atoms with Crippen molar-refractivity contribution < 1.29 is 13.2 Å². The minimum absolute atomic E-state index is 0.222. The van der Waals surface area contributed by atoms with Crippen LogP contribution in [0.5, 0.6) is 0 Å². The first-order chi connectivity index (χ1) is 18.8. The Labute approximate surface area is 234 Å². The predicted molar refractivity (Wildman–Crippen MR) is 153 cm³/mol. The number of fused-ring (bicyclic) bond motifs is 1. The van der Waals surface area contributed by atoms with Gasteiger partial charge in [-0.3, -0.25) is 9.52 Å². The highest BCUT2D eigenvalue weighted by Gasteiger charge is 2.33. The molecule has 0 unspecified atom stereocenters. The fraction of sp³-hybridized carbons (Fsp3) is 0.519. The molecule has 208 valence electrons. The van der Waals surface area contributed by atoms with E-state index in [9.17, 15) is 13.2 Å². The van der Waals surface area contributed by atoms with Gasteiger partial charge in [0.25, 0.3) is 5.91 Å². The topological polar surface area (TPSA) is 103 Å². The number of nitrogens with one attached hydrogen (secondary N) is 1. The second-order valence-electron chi connectivity index (χ2n) is 10.8. The summed E-state index contributed by atoms with van der Waals surface area (Å²) in [6.07, 6.45) is 8.40. The van der Waals surface area contributed by atoms with Gasteiger partial charge in [0.05, 0.1) is 29.2 Å². The maximum atomic E-state index is 13.9. The number of sulfonamides is 1. The van der Waals surface area contributed by atoms with Gasteiger partial charge in [-0.15, -0.1) is 0 Å². The van der Waals surface area contributed by atoms with Crippen molar-refractivity contribution in [2.75, 3.05) is 53.5 Å². The number of hydrogen-bond donors (Lipinski definition) is 1. The molecule has 5 heterocycles. The van der Waals surface area contributed by atoms with E-state index in [1.807, 2.05) is 10.6 Å². The maximum Gasteiger partial charge on any atom is 0.256 e. The Morgan fingerprint density at radius 1 is 0.949 bits per heavy atom. The maximum absolute atomic E-state index is 13.9. The van der Waals surface area contributed by atoms with Gasteiger partial charge < -0.3 is 14.7 Å². The van der Waals surface area contributed by atoms with Gasteiger partial charge in [-0.05, 0) is 63.1 Å². The number of halogens is 1. The molecule has 1 aromatic carbocycles. The molecule has 3 aliphatic heterocycles. The molecule has 0 saturated carbocycles. The van der Waals surface area contributed by atoms with E-state index in [-0.39, 0.29) is 23.2 Å². The van der Waals surface area contributed by atoms with Crippen LogP contribution in [0.2, 0.25) is 5.02 Å². The minimum Gasteiger partial charge on any atom is -0.356 e. The fourth-order valence-corrected chi connectivity index (χ4v) is 6.55. The summed E-state index contributed by atoms with van der Waals surface area (Å²) in [7, 11) is -3.58. The zero-order chi connectivity index (χ0) is 27.1. The summed E-state index contributed by atoms with van der Waals surface area (Å²) in [6.45, 7) is 4.56. The Balaban J connectivity index is 1.38. The molecule has 3 saturated heterocycles. The SMILES string of the molecule is CS(=O)(=O)Nc1ccc(Cl)cc1C(=O)N1CCCC[C@H]1c1cc2nc(N3CCC3)cc(N3CCCCC3)n2n1. The normalized spacial score (nSPS) is 20.3. The predicted octanol–water partition coefficient (Wildman–Crippen LogP) is 4.32.